The minimum Gasteiger partial charge on any atom is -0.352 e. The molecule has 0 spiro atoms. The van der Waals surface area contributed by atoms with Gasteiger partial charge in [0.1, 0.15) is 12.1 Å². The summed E-state index contributed by atoms with van der Waals surface area (Å²) in [6.45, 7) is 4.41. The van der Waals surface area contributed by atoms with Crippen LogP contribution in [-0.2, 0) is 10.2 Å². The van der Waals surface area contributed by atoms with Gasteiger partial charge in [0.05, 0.1) is 21.0 Å². The maximum absolute atomic E-state index is 13.9. The summed E-state index contributed by atoms with van der Waals surface area (Å²) in [7, 11) is 0. The Morgan fingerprint density at radius 1 is 0.938 bits per heavy atom. The Bertz CT molecular complexity index is 1130. The summed E-state index contributed by atoms with van der Waals surface area (Å²) in [6, 6.07) is 13.7. The zero-order valence-electron chi connectivity index (χ0n) is 17.7. The monoisotopic (exact) mass is 469 g/mol. The molecule has 3 heterocycles. The van der Waals surface area contributed by atoms with Gasteiger partial charge in [0.15, 0.2) is 0 Å². The number of amides is 1. The lowest BCUT2D eigenvalue weighted by atomic mass is 9.72. The molecule has 2 saturated heterocycles. The number of carbonyl (C=O) groups is 1. The first-order valence-corrected chi connectivity index (χ1v) is 11.7. The number of aromatic nitrogens is 2. The third-order valence-corrected chi connectivity index (χ3v) is 7.47. The lowest BCUT2D eigenvalue weighted by Gasteiger charge is -2.43. The van der Waals surface area contributed by atoms with Crippen LogP contribution in [0.2, 0.25) is 10.0 Å². The first-order chi connectivity index (χ1) is 15.6. The predicted molar refractivity (Wildman–Crippen MR) is 129 cm³/mol. The van der Waals surface area contributed by atoms with Gasteiger partial charge < -0.3 is 15.1 Å². The number of carbonyl (C=O) groups excluding carboxylic acids is 1. The fourth-order valence-corrected chi connectivity index (χ4v) is 5.24. The zero-order valence-corrected chi connectivity index (χ0v) is 19.2. The molecule has 0 saturated carbocycles. The van der Waals surface area contributed by atoms with Crippen LogP contribution in [0.3, 0.4) is 0 Å². The van der Waals surface area contributed by atoms with E-state index < -0.39 is 5.41 Å². The number of piperidine rings is 1. The van der Waals surface area contributed by atoms with Gasteiger partial charge in [-0.3, -0.25) is 4.79 Å². The summed E-state index contributed by atoms with van der Waals surface area (Å²) < 4.78 is 0. The molecule has 5 rings (SSSR count). The molecular weight excluding hydrogens is 445 g/mol. The molecule has 2 aliphatic rings. The average Bonchev–Trinajstić information content (AvgIpc) is 2.85. The Morgan fingerprint density at radius 2 is 1.69 bits per heavy atom. The number of para-hydroxylation sites is 1. The average molecular weight is 470 g/mol. The molecule has 166 valence electrons. The molecule has 8 heteroatoms. The molecule has 2 aromatic carbocycles. The molecule has 0 bridgehead atoms. The van der Waals surface area contributed by atoms with Gasteiger partial charge in [0, 0.05) is 31.6 Å². The molecule has 1 amide bonds. The molecule has 6 nitrogen and oxygen atoms in total. The highest BCUT2D eigenvalue weighted by molar-refractivity contribution is 6.42. The number of hydrogen-bond donors (Lipinski definition) is 1. The molecule has 1 N–H and O–H groups in total. The number of piperazine rings is 1. The van der Waals surface area contributed by atoms with E-state index in [-0.39, 0.29) is 5.91 Å². The van der Waals surface area contributed by atoms with E-state index in [1.54, 1.807) is 12.4 Å². The maximum Gasteiger partial charge on any atom is 0.233 e. The van der Waals surface area contributed by atoms with Crippen molar-refractivity contribution in [1.29, 1.82) is 0 Å². The molecule has 1 aromatic heterocycles. The predicted octanol–water partition coefficient (Wildman–Crippen LogP) is 3.91. The van der Waals surface area contributed by atoms with E-state index in [9.17, 15) is 4.79 Å². The van der Waals surface area contributed by atoms with Crippen LogP contribution in [0.1, 0.15) is 18.4 Å². The highest BCUT2D eigenvalue weighted by Crippen LogP contribution is 2.38. The van der Waals surface area contributed by atoms with Crippen molar-refractivity contribution in [1.82, 2.24) is 20.2 Å². The van der Waals surface area contributed by atoms with Crippen molar-refractivity contribution in [2.45, 2.75) is 18.3 Å². The highest BCUT2D eigenvalue weighted by Gasteiger charge is 2.44. The van der Waals surface area contributed by atoms with Gasteiger partial charge in [0.25, 0.3) is 0 Å². The van der Waals surface area contributed by atoms with Crippen molar-refractivity contribution in [3.05, 3.63) is 64.4 Å². The van der Waals surface area contributed by atoms with Crippen molar-refractivity contribution in [2.75, 3.05) is 44.2 Å². The van der Waals surface area contributed by atoms with Gasteiger partial charge >= 0.3 is 0 Å². The van der Waals surface area contributed by atoms with Gasteiger partial charge in [-0.25, -0.2) is 9.97 Å². The Balaban J connectivity index is 1.38. The maximum atomic E-state index is 13.9. The van der Waals surface area contributed by atoms with Crippen LogP contribution < -0.4 is 10.2 Å². The smallest absolute Gasteiger partial charge is 0.233 e. The van der Waals surface area contributed by atoms with Gasteiger partial charge in [-0.15, -0.1) is 0 Å². The standard InChI is InChI=1S/C24H25Cl2N5O/c25-19-6-5-17(15-20(19)26)24(7-9-27-10-8-24)23(32)31-13-11-30(12-14-31)22-18-3-1-2-4-21(18)28-16-29-22/h1-6,15-16,27H,7-14H2. The van der Waals surface area contributed by atoms with E-state index in [0.717, 1.165) is 61.3 Å². The van der Waals surface area contributed by atoms with E-state index in [1.165, 1.54) is 0 Å². The van der Waals surface area contributed by atoms with E-state index in [0.29, 0.717) is 23.1 Å². The van der Waals surface area contributed by atoms with Crippen molar-refractivity contribution >= 4 is 45.8 Å². The minimum absolute atomic E-state index is 0.185. The van der Waals surface area contributed by atoms with Gasteiger partial charge in [-0.2, -0.15) is 0 Å². The van der Waals surface area contributed by atoms with Crippen LogP contribution in [0, 0.1) is 0 Å². The Hall–Kier alpha value is -2.41. The number of rotatable bonds is 3. The number of benzene rings is 2. The Morgan fingerprint density at radius 3 is 2.44 bits per heavy atom. The van der Waals surface area contributed by atoms with E-state index in [4.69, 9.17) is 23.2 Å². The Kier molecular flexibility index (Phi) is 5.93. The summed E-state index contributed by atoms with van der Waals surface area (Å²) >= 11 is 12.5. The van der Waals surface area contributed by atoms with Crippen molar-refractivity contribution in [3.63, 3.8) is 0 Å². The second-order valence-corrected chi connectivity index (χ2v) is 9.27. The Labute approximate surface area is 197 Å². The van der Waals surface area contributed by atoms with Crippen molar-refractivity contribution in [3.8, 4) is 0 Å². The van der Waals surface area contributed by atoms with Crippen LogP contribution >= 0.6 is 23.2 Å². The third kappa shape index (κ3) is 3.81. The van der Waals surface area contributed by atoms with E-state index in [2.05, 4.69) is 26.3 Å². The van der Waals surface area contributed by atoms with E-state index >= 15 is 0 Å². The molecule has 0 aliphatic carbocycles. The quantitative estimate of drug-likeness (QED) is 0.629. The lowest BCUT2D eigenvalue weighted by Crippen LogP contribution is -2.57. The number of hydrogen-bond acceptors (Lipinski definition) is 5. The molecule has 2 aliphatic heterocycles. The number of nitrogens with zero attached hydrogens (tertiary/aromatic N) is 4. The van der Waals surface area contributed by atoms with Crippen LogP contribution in [0.5, 0.6) is 0 Å². The summed E-state index contributed by atoms with van der Waals surface area (Å²) in [5, 5.41) is 5.44. The highest BCUT2D eigenvalue weighted by atomic mass is 35.5. The fourth-order valence-electron chi connectivity index (χ4n) is 4.94. The number of halogens is 2. The third-order valence-electron chi connectivity index (χ3n) is 6.73. The second-order valence-electron chi connectivity index (χ2n) is 8.45. The molecule has 0 atom stereocenters. The van der Waals surface area contributed by atoms with E-state index in [1.807, 2.05) is 35.2 Å². The molecule has 2 fully saturated rings. The fraction of sp³-hybridized carbons (Fsp3) is 0.375. The van der Waals surface area contributed by atoms with Crippen molar-refractivity contribution in [2.24, 2.45) is 0 Å². The molecule has 32 heavy (non-hydrogen) atoms. The molecule has 0 radical (unpaired) electrons. The van der Waals surface area contributed by atoms with Crippen LogP contribution in [0.4, 0.5) is 5.82 Å². The largest absolute Gasteiger partial charge is 0.352 e. The zero-order chi connectivity index (χ0) is 22.1. The first-order valence-electron chi connectivity index (χ1n) is 11.0. The normalized spacial score (nSPS) is 18.7. The van der Waals surface area contributed by atoms with Gasteiger partial charge in [-0.05, 0) is 55.8 Å². The molecule has 3 aromatic rings. The first kappa shape index (κ1) is 21.4. The van der Waals surface area contributed by atoms with Crippen LogP contribution in [0.25, 0.3) is 10.9 Å². The minimum atomic E-state index is -0.566. The number of nitrogens with one attached hydrogen (secondary N) is 1. The van der Waals surface area contributed by atoms with Gasteiger partial charge in [-0.1, -0.05) is 41.4 Å². The summed E-state index contributed by atoms with van der Waals surface area (Å²) in [6.07, 6.45) is 3.12. The van der Waals surface area contributed by atoms with Gasteiger partial charge in [0.2, 0.25) is 5.91 Å². The van der Waals surface area contributed by atoms with Crippen LogP contribution in [0.15, 0.2) is 48.8 Å². The number of anilines is 1. The molecule has 0 unspecified atom stereocenters. The molecular formula is C24H25Cl2N5O. The lowest BCUT2D eigenvalue weighted by molar-refractivity contribution is -0.139. The topological polar surface area (TPSA) is 61.4 Å². The van der Waals surface area contributed by atoms with Crippen LogP contribution in [-0.4, -0.2) is 60.0 Å². The summed E-state index contributed by atoms with van der Waals surface area (Å²) in [5.41, 5.74) is 1.33. The summed E-state index contributed by atoms with van der Waals surface area (Å²) in [5.74, 6) is 1.12. The second kappa shape index (κ2) is 8.85. The summed E-state index contributed by atoms with van der Waals surface area (Å²) in [4.78, 5) is 27.1. The van der Waals surface area contributed by atoms with Crippen molar-refractivity contribution < 1.29 is 4.79 Å². The SMILES string of the molecule is O=C(N1CCN(c2ncnc3ccccc23)CC1)C1(c2ccc(Cl)c(Cl)c2)CCNCC1. The number of fused-ring (bicyclic) bond motifs is 1.